The van der Waals surface area contributed by atoms with Gasteiger partial charge in [0, 0.05) is 10.6 Å². The van der Waals surface area contributed by atoms with Gasteiger partial charge in [-0.1, -0.05) is 43.1 Å². The number of halogens is 1. The third-order valence-electron chi connectivity index (χ3n) is 5.97. The van der Waals surface area contributed by atoms with Crippen molar-refractivity contribution in [1.82, 2.24) is 0 Å². The van der Waals surface area contributed by atoms with E-state index in [-0.39, 0.29) is 19.0 Å². The lowest BCUT2D eigenvalue weighted by molar-refractivity contribution is 0.0913. The summed E-state index contributed by atoms with van der Waals surface area (Å²) in [5.41, 5.74) is 3.36. The van der Waals surface area contributed by atoms with Gasteiger partial charge >= 0.3 is 0 Å². The minimum Gasteiger partial charge on any atom is -0.488 e. The van der Waals surface area contributed by atoms with Crippen LogP contribution >= 0.6 is 11.6 Å². The van der Waals surface area contributed by atoms with Gasteiger partial charge in [0.1, 0.15) is 29.5 Å². The molecule has 0 amide bonds. The summed E-state index contributed by atoms with van der Waals surface area (Å²) in [6, 6.07) is 16.7. The van der Waals surface area contributed by atoms with Gasteiger partial charge in [-0.25, -0.2) is 0 Å². The maximum Gasteiger partial charge on any atom is 0.203 e. The van der Waals surface area contributed by atoms with Crippen LogP contribution in [0.1, 0.15) is 59.8 Å². The first-order chi connectivity index (χ1) is 17.3. The lowest BCUT2D eigenvalue weighted by Gasteiger charge is -2.29. The van der Waals surface area contributed by atoms with E-state index >= 15 is 0 Å². The van der Waals surface area contributed by atoms with E-state index in [0.717, 1.165) is 24.0 Å². The van der Waals surface area contributed by atoms with Gasteiger partial charge in [-0.05, 0) is 79.9 Å². The second-order valence-corrected chi connectivity index (χ2v) is 9.81. The number of aliphatic hydroxyl groups is 1. The van der Waals surface area contributed by atoms with Crippen molar-refractivity contribution in [2.24, 2.45) is 0 Å². The third kappa shape index (κ3) is 6.10. The molecule has 3 aromatic rings. The lowest BCUT2D eigenvalue weighted by atomic mass is 9.99. The molecule has 0 aliphatic carbocycles. The molecule has 5 nitrogen and oxygen atoms in total. The van der Waals surface area contributed by atoms with Crippen LogP contribution in [0.5, 0.6) is 17.2 Å². The SMILES string of the molecule is CCCc1ccc(C(=O)COc2c(CO)ccc3c2C=CC(C)(C)O3)c(OCc2ccc(Cl)cc2)c1. The maximum atomic E-state index is 13.3. The fourth-order valence-electron chi connectivity index (χ4n) is 4.09. The topological polar surface area (TPSA) is 65.0 Å². The predicted octanol–water partition coefficient (Wildman–Crippen LogP) is 6.81. The van der Waals surface area contributed by atoms with Crippen LogP contribution in [0.3, 0.4) is 0 Å². The Labute approximate surface area is 217 Å². The van der Waals surface area contributed by atoms with Crippen LogP contribution in [0.4, 0.5) is 0 Å². The molecule has 0 spiro atoms. The Bertz CT molecular complexity index is 1260. The monoisotopic (exact) mass is 506 g/mol. The van der Waals surface area contributed by atoms with E-state index in [1.807, 2.05) is 68.5 Å². The second-order valence-electron chi connectivity index (χ2n) is 9.37. The fourth-order valence-corrected chi connectivity index (χ4v) is 4.21. The van der Waals surface area contributed by atoms with Crippen LogP contribution < -0.4 is 14.2 Å². The van der Waals surface area contributed by atoms with E-state index in [4.69, 9.17) is 25.8 Å². The Kier molecular flexibility index (Phi) is 8.02. The Hall–Kier alpha value is -3.28. The molecule has 36 heavy (non-hydrogen) atoms. The largest absolute Gasteiger partial charge is 0.488 e. The first-order valence-corrected chi connectivity index (χ1v) is 12.5. The van der Waals surface area contributed by atoms with E-state index in [0.29, 0.717) is 45.6 Å². The predicted molar refractivity (Wildman–Crippen MR) is 142 cm³/mol. The number of ketones is 1. The highest BCUT2D eigenvalue weighted by atomic mass is 35.5. The van der Waals surface area contributed by atoms with Crippen LogP contribution in [0.25, 0.3) is 6.08 Å². The Morgan fingerprint density at radius 3 is 2.50 bits per heavy atom. The normalized spacial score (nSPS) is 13.6. The molecule has 4 rings (SSSR count). The van der Waals surface area contributed by atoms with Gasteiger partial charge in [0.15, 0.2) is 6.61 Å². The molecule has 0 radical (unpaired) electrons. The van der Waals surface area contributed by atoms with E-state index < -0.39 is 5.60 Å². The van der Waals surface area contributed by atoms with Gasteiger partial charge < -0.3 is 19.3 Å². The average Bonchev–Trinajstić information content (AvgIpc) is 2.86. The number of hydrogen-bond acceptors (Lipinski definition) is 5. The zero-order valence-corrected chi connectivity index (χ0v) is 21.6. The number of Topliss-reactive ketones (excluding diaryl/α,β-unsaturated/α-hetero) is 1. The number of benzene rings is 3. The molecule has 1 aliphatic heterocycles. The van der Waals surface area contributed by atoms with Crippen molar-refractivity contribution in [2.45, 2.75) is 52.4 Å². The number of hydrogen-bond donors (Lipinski definition) is 1. The lowest BCUT2D eigenvalue weighted by Crippen LogP contribution is -2.27. The average molecular weight is 507 g/mol. The molecule has 1 N–H and O–H groups in total. The van der Waals surface area contributed by atoms with Gasteiger partial charge in [0.25, 0.3) is 0 Å². The van der Waals surface area contributed by atoms with Crippen molar-refractivity contribution in [1.29, 1.82) is 0 Å². The summed E-state index contributed by atoms with van der Waals surface area (Å²) in [6.45, 7) is 5.93. The smallest absolute Gasteiger partial charge is 0.203 e. The minimum atomic E-state index is -0.447. The number of carbonyl (C=O) groups is 1. The first kappa shape index (κ1) is 25.8. The number of rotatable bonds is 10. The maximum absolute atomic E-state index is 13.3. The molecular formula is C30H31ClO5. The minimum absolute atomic E-state index is 0.203. The third-order valence-corrected chi connectivity index (χ3v) is 6.22. The number of carbonyl (C=O) groups excluding carboxylic acids is 1. The van der Waals surface area contributed by atoms with E-state index in [9.17, 15) is 9.90 Å². The zero-order chi connectivity index (χ0) is 25.7. The van der Waals surface area contributed by atoms with Crippen molar-refractivity contribution < 1.29 is 24.1 Å². The highest BCUT2D eigenvalue weighted by molar-refractivity contribution is 6.30. The van der Waals surface area contributed by atoms with E-state index in [1.165, 1.54) is 0 Å². The van der Waals surface area contributed by atoms with Crippen molar-refractivity contribution in [2.75, 3.05) is 6.61 Å². The second kappa shape index (κ2) is 11.2. The van der Waals surface area contributed by atoms with Gasteiger partial charge in [-0.3, -0.25) is 4.79 Å². The van der Waals surface area contributed by atoms with Gasteiger partial charge in [0.2, 0.25) is 5.78 Å². The molecule has 3 aromatic carbocycles. The summed E-state index contributed by atoms with van der Waals surface area (Å²) < 4.78 is 18.1. The molecular weight excluding hydrogens is 476 g/mol. The molecule has 1 aliphatic rings. The molecule has 0 fully saturated rings. The van der Waals surface area contributed by atoms with Crippen molar-refractivity contribution in [3.8, 4) is 17.2 Å². The van der Waals surface area contributed by atoms with Crippen LogP contribution in [-0.4, -0.2) is 23.1 Å². The highest BCUT2D eigenvalue weighted by Crippen LogP contribution is 2.39. The molecule has 0 unspecified atom stereocenters. The Morgan fingerprint density at radius 1 is 1.03 bits per heavy atom. The summed E-state index contributed by atoms with van der Waals surface area (Å²) in [5.74, 6) is 1.40. The zero-order valence-electron chi connectivity index (χ0n) is 20.8. The van der Waals surface area contributed by atoms with Crippen molar-refractivity contribution >= 4 is 23.5 Å². The molecule has 0 saturated carbocycles. The Balaban J connectivity index is 1.56. The summed E-state index contributed by atoms with van der Waals surface area (Å²) in [7, 11) is 0. The summed E-state index contributed by atoms with van der Waals surface area (Å²) in [4.78, 5) is 13.3. The molecule has 0 bridgehead atoms. The number of fused-ring (bicyclic) bond motifs is 1. The standard InChI is InChI=1S/C30H31ClO5/c1-4-5-20-8-12-24(28(16-20)34-18-21-6-10-23(31)11-7-21)26(33)19-35-29-22(17-32)9-13-27-25(29)14-15-30(2,3)36-27/h6-16,32H,4-5,17-19H2,1-3H3. The Morgan fingerprint density at radius 2 is 1.78 bits per heavy atom. The fraction of sp³-hybridized carbons (Fsp3) is 0.300. The summed E-state index contributed by atoms with van der Waals surface area (Å²) in [5, 5.41) is 10.5. The molecule has 0 saturated heterocycles. The number of aryl methyl sites for hydroxylation is 1. The van der Waals surface area contributed by atoms with Gasteiger partial charge in [-0.15, -0.1) is 0 Å². The quantitative estimate of drug-likeness (QED) is 0.306. The van der Waals surface area contributed by atoms with Crippen molar-refractivity contribution in [3.05, 3.63) is 93.5 Å². The van der Waals surface area contributed by atoms with Crippen molar-refractivity contribution in [3.63, 3.8) is 0 Å². The molecule has 0 aromatic heterocycles. The van der Waals surface area contributed by atoms with Crippen LogP contribution in [0.15, 0.2) is 60.7 Å². The number of ether oxygens (including phenoxy) is 3. The summed E-state index contributed by atoms with van der Waals surface area (Å²) >= 11 is 5.99. The van der Waals surface area contributed by atoms with E-state index in [2.05, 4.69) is 6.92 Å². The highest BCUT2D eigenvalue weighted by Gasteiger charge is 2.26. The molecule has 6 heteroatoms. The van der Waals surface area contributed by atoms with Crippen LogP contribution in [0, 0.1) is 0 Å². The van der Waals surface area contributed by atoms with Gasteiger partial charge in [-0.2, -0.15) is 0 Å². The van der Waals surface area contributed by atoms with Crippen LogP contribution in [-0.2, 0) is 19.6 Å². The first-order valence-electron chi connectivity index (χ1n) is 12.1. The number of aliphatic hydroxyl groups excluding tert-OH is 1. The molecule has 1 heterocycles. The van der Waals surface area contributed by atoms with E-state index in [1.54, 1.807) is 12.1 Å². The van der Waals surface area contributed by atoms with Crippen LogP contribution in [0.2, 0.25) is 5.02 Å². The molecule has 188 valence electrons. The summed E-state index contributed by atoms with van der Waals surface area (Å²) in [6.07, 6.45) is 5.72. The molecule has 0 atom stereocenters. The van der Waals surface area contributed by atoms with Gasteiger partial charge in [0.05, 0.1) is 17.7 Å².